The molecule has 1 fully saturated rings. The van der Waals surface area contributed by atoms with Crippen molar-refractivity contribution in [2.45, 2.75) is 32.9 Å². The van der Waals surface area contributed by atoms with Crippen molar-refractivity contribution in [3.05, 3.63) is 70.4 Å². The third-order valence-corrected chi connectivity index (χ3v) is 7.51. The van der Waals surface area contributed by atoms with E-state index in [1.54, 1.807) is 22.7 Å². The van der Waals surface area contributed by atoms with Gasteiger partial charge < -0.3 is 25.4 Å². The number of pyridine rings is 2. The lowest BCUT2D eigenvalue weighted by Crippen LogP contribution is -2.39. The minimum atomic E-state index is -0.387. The van der Waals surface area contributed by atoms with Crippen LogP contribution in [0.3, 0.4) is 0 Å². The van der Waals surface area contributed by atoms with Gasteiger partial charge in [-0.2, -0.15) is 11.3 Å². The van der Waals surface area contributed by atoms with E-state index in [1.807, 2.05) is 49.0 Å². The molecule has 3 N–H and O–H groups in total. The Labute approximate surface area is 237 Å². The SMILES string of the molecule is CC(C)C[C@@H](CO)NC(=O)c1c(-c2ccsc2)nc2c(C(=O)NCc3ccc(N4CCOCC4)cn3)cccn12. The molecular formula is C29H34N6O4S. The summed E-state index contributed by atoms with van der Waals surface area (Å²) in [6, 6.07) is 8.85. The molecule has 0 bridgehead atoms. The molecular weight excluding hydrogens is 528 g/mol. The third-order valence-electron chi connectivity index (χ3n) is 6.83. The van der Waals surface area contributed by atoms with Crippen LogP contribution >= 0.6 is 11.3 Å². The van der Waals surface area contributed by atoms with Gasteiger partial charge in [0.25, 0.3) is 11.8 Å². The standard InChI is InChI=1S/C29H34N6O4S/c1-19(2)14-22(17-36)32-29(38)26-25(20-7-13-40-18-20)33-27-24(4-3-8-35(26)27)28(37)31-15-21-5-6-23(16-30-21)34-9-11-39-12-10-34/h3-8,13,16,18-19,22,36H,9-12,14-15,17H2,1-2H3,(H,31,37)(H,32,38)/t22-/m0/s1. The van der Waals surface area contributed by atoms with E-state index in [0.717, 1.165) is 30.0 Å². The number of thiophene rings is 1. The summed E-state index contributed by atoms with van der Waals surface area (Å²) in [6.45, 7) is 7.24. The second kappa shape index (κ2) is 12.6. The van der Waals surface area contributed by atoms with Gasteiger partial charge in [-0.3, -0.25) is 19.0 Å². The molecule has 0 saturated carbocycles. The third kappa shape index (κ3) is 6.16. The minimum Gasteiger partial charge on any atom is -0.394 e. The van der Waals surface area contributed by atoms with Crippen molar-refractivity contribution in [1.82, 2.24) is 25.0 Å². The van der Waals surface area contributed by atoms with Crippen LogP contribution in [0.5, 0.6) is 0 Å². The Morgan fingerprint density at radius 3 is 2.65 bits per heavy atom. The Hall–Kier alpha value is -3.80. The van der Waals surface area contributed by atoms with Crippen LogP contribution in [0.4, 0.5) is 5.69 Å². The van der Waals surface area contributed by atoms with Gasteiger partial charge in [0.05, 0.1) is 55.5 Å². The van der Waals surface area contributed by atoms with E-state index >= 15 is 0 Å². The molecule has 0 aliphatic carbocycles. The Morgan fingerprint density at radius 1 is 1.15 bits per heavy atom. The van der Waals surface area contributed by atoms with E-state index in [-0.39, 0.29) is 31.0 Å². The van der Waals surface area contributed by atoms with Crippen LogP contribution in [0.1, 0.15) is 46.8 Å². The zero-order valence-electron chi connectivity index (χ0n) is 22.7. The summed E-state index contributed by atoms with van der Waals surface area (Å²) in [4.78, 5) is 38.4. The van der Waals surface area contributed by atoms with Crippen LogP contribution in [0.2, 0.25) is 0 Å². The van der Waals surface area contributed by atoms with Gasteiger partial charge in [0, 0.05) is 30.2 Å². The number of morpholine rings is 1. The fraction of sp³-hybridized carbons (Fsp3) is 0.379. The topological polar surface area (TPSA) is 121 Å². The van der Waals surface area contributed by atoms with Gasteiger partial charge in [0.15, 0.2) is 5.65 Å². The quantitative estimate of drug-likeness (QED) is 0.271. The first-order valence-corrected chi connectivity index (χ1v) is 14.4. The van der Waals surface area contributed by atoms with E-state index in [9.17, 15) is 14.7 Å². The van der Waals surface area contributed by atoms with E-state index in [0.29, 0.717) is 48.2 Å². The summed E-state index contributed by atoms with van der Waals surface area (Å²) in [5.74, 6) is -0.363. The van der Waals surface area contributed by atoms with E-state index < -0.39 is 0 Å². The van der Waals surface area contributed by atoms with E-state index in [4.69, 9.17) is 9.72 Å². The second-order valence-corrected chi connectivity index (χ2v) is 11.0. The molecule has 5 rings (SSSR count). The summed E-state index contributed by atoms with van der Waals surface area (Å²) in [5.41, 5.74) is 4.10. The van der Waals surface area contributed by atoms with Crippen LogP contribution < -0.4 is 15.5 Å². The second-order valence-electron chi connectivity index (χ2n) is 10.2. The van der Waals surface area contributed by atoms with Crippen molar-refractivity contribution < 1.29 is 19.4 Å². The normalized spacial score (nSPS) is 14.4. The first-order valence-electron chi connectivity index (χ1n) is 13.5. The van der Waals surface area contributed by atoms with Crippen molar-refractivity contribution in [1.29, 1.82) is 0 Å². The molecule has 1 aliphatic rings. The average Bonchev–Trinajstić information content (AvgIpc) is 3.64. The van der Waals surface area contributed by atoms with Gasteiger partial charge in [-0.1, -0.05) is 13.8 Å². The highest BCUT2D eigenvalue weighted by atomic mass is 32.1. The van der Waals surface area contributed by atoms with Gasteiger partial charge in [0.2, 0.25) is 0 Å². The highest BCUT2D eigenvalue weighted by Crippen LogP contribution is 2.28. The minimum absolute atomic E-state index is 0.163. The highest BCUT2D eigenvalue weighted by Gasteiger charge is 2.26. The van der Waals surface area contributed by atoms with Gasteiger partial charge in [-0.25, -0.2) is 4.98 Å². The van der Waals surface area contributed by atoms with E-state index in [1.165, 1.54) is 11.3 Å². The predicted octanol–water partition coefficient (Wildman–Crippen LogP) is 3.36. The maximum atomic E-state index is 13.5. The molecule has 0 aromatic carbocycles. The number of carbonyl (C=O) groups is 2. The van der Waals surface area contributed by atoms with Crippen LogP contribution in [-0.2, 0) is 11.3 Å². The molecule has 0 radical (unpaired) electrons. The Balaban J connectivity index is 1.38. The van der Waals surface area contributed by atoms with Crippen LogP contribution in [0.25, 0.3) is 16.9 Å². The Morgan fingerprint density at radius 2 is 1.98 bits per heavy atom. The number of anilines is 1. The fourth-order valence-electron chi connectivity index (χ4n) is 4.86. The molecule has 40 heavy (non-hydrogen) atoms. The number of nitrogens with zero attached hydrogens (tertiary/aromatic N) is 4. The van der Waals surface area contributed by atoms with Gasteiger partial charge in [0.1, 0.15) is 11.4 Å². The number of rotatable bonds is 10. The number of nitrogens with one attached hydrogen (secondary N) is 2. The number of aromatic nitrogens is 3. The lowest BCUT2D eigenvalue weighted by molar-refractivity contribution is 0.0901. The smallest absolute Gasteiger partial charge is 0.270 e. The lowest BCUT2D eigenvalue weighted by Gasteiger charge is -2.28. The molecule has 11 heteroatoms. The molecule has 1 atom stereocenters. The number of aliphatic hydroxyl groups is 1. The zero-order chi connectivity index (χ0) is 28.1. The van der Waals surface area contributed by atoms with Crippen molar-refractivity contribution >= 4 is 34.5 Å². The summed E-state index contributed by atoms with van der Waals surface area (Å²) in [5, 5.41) is 19.6. The fourth-order valence-corrected chi connectivity index (χ4v) is 5.50. The van der Waals surface area contributed by atoms with Gasteiger partial charge >= 0.3 is 0 Å². The summed E-state index contributed by atoms with van der Waals surface area (Å²) < 4.78 is 7.06. The Bertz CT molecular complexity index is 1450. The Kier molecular flexibility index (Phi) is 8.73. The molecule has 0 spiro atoms. The molecule has 210 valence electrons. The van der Waals surface area contributed by atoms with E-state index in [2.05, 4.69) is 20.5 Å². The zero-order valence-corrected chi connectivity index (χ0v) is 23.5. The maximum absolute atomic E-state index is 13.5. The van der Waals surface area contributed by atoms with Crippen LogP contribution in [0.15, 0.2) is 53.5 Å². The van der Waals surface area contributed by atoms with Crippen molar-refractivity contribution in [2.24, 2.45) is 5.92 Å². The van der Waals surface area contributed by atoms with Crippen molar-refractivity contribution in [3.63, 3.8) is 0 Å². The predicted molar refractivity (Wildman–Crippen MR) is 155 cm³/mol. The number of carbonyl (C=O) groups excluding carboxylic acids is 2. The molecule has 1 saturated heterocycles. The summed E-state index contributed by atoms with van der Waals surface area (Å²) in [7, 11) is 0. The maximum Gasteiger partial charge on any atom is 0.270 e. The average molecular weight is 563 g/mol. The molecule has 1 aliphatic heterocycles. The molecule has 4 aromatic rings. The molecule has 4 aromatic heterocycles. The monoisotopic (exact) mass is 562 g/mol. The van der Waals surface area contributed by atoms with Crippen molar-refractivity contribution in [3.8, 4) is 11.3 Å². The summed E-state index contributed by atoms with van der Waals surface area (Å²) >= 11 is 1.50. The number of hydrogen-bond donors (Lipinski definition) is 3. The largest absolute Gasteiger partial charge is 0.394 e. The van der Waals surface area contributed by atoms with Gasteiger partial charge in [-0.15, -0.1) is 0 Å². The molecule has 0 unspecified atom stereocenters. The molecule has 5 heterocycles. The van der Waals surface area contributed by atoms with Gasteiger partial charge in [-0.05, 0) is 48.1 Å². The van der Waals surface area contributed by atoms with Crippen LogP contribution in [-0.4, -0.2) is 70.2 Å². The first kappa shape index (κ1) is 27.8. The number of hydrogen-bond acceptors (Lipinski definition) is 8. The number of aliphatic hydroxyl groups excluding tert-OH is 1. The molecule has 2 amide bonds. The van der Waals surface area contributed by atoms with Crippen molar-refractivity contribution in [2.75, 3.05) is 37.8 Å². The number of ether oxygens (including phenoxy) is 1. The number of amides is 2. The first-order chi connectivity index (χ1) is 19.4. The molecule has 10 nitrogen and oxygen atoms in total. The number of fused-ring (bicyclic) bond motifs is 1. The van der Waals surface area contributed by atoms with Crippen LogP contribution in [0, 0.1) is 5.92 Å². The number of imidazole rings is 1. The highest BCUT2D eigenvalue weighted by molar-refractivity contribution is 7.08. The lowest BCUT2D eigenvalue weighted by atomic mass is 10.0. The summed E-state index contributed by atoms with van der Waals surface area (Å²) in [6.07, 6.45) is 4.19.